The normalized spacial score (nSPS) is 9.81. The topological polar surface area (TPSA) is 38.0 Å². The molecule has 3 N–H and O–H groups in total. The van der Waals surface area contributed by atoms with E-state index in [1.165, 1.54) is 11.1 Å². The summed E-state index contributed by atoms with van der Waals surface area (Å²) in [5, 5.41) is 3.32. The Hall–Kier alpha value is -3.36. The Morgan fingerprint density at radius 3 is 1.52 bits per heavy atom. The zero-order valence-electron chi connectivity index (χ0n) is 15.3. The smallest absolute Gasteiger partial charge is 0.0387 e. The van der Waals surface area contributed by atoms with Gasteiger partial charge in [-0.1, -0.05) is 91.0 Å². The highest BCUT2D eigenvalue weighted by atomic mass is 14.9. The summed E-state index contributed by atoms with van der Waals surface area (Å²) >= 11 is 0. The third-order valence-corrected chi connectivity index (χ3v) is 4.11. The van der Waals surface area contributed by atoms with Crippen molar-refractivity contribution < 1.29 is 0 Å². The van der Waals surface area contributed by atoms with Crippen LogP contribution >= 0.6 is 0 Å². The van der Waals surface area contributed by atoms with E-state index < -0.39 is 0 Å². The number of benzene rings is 4. The Morgan fingerprint density at radius 2 is 1.00 bits per heavy atom. The Balaban J connectivity index is 0.000000159. The van der Waals surface area contributed by atoms with Gasteiger partial charge in [0.2, 0.25) is 0 Å². The third kappa shape index (κ3) is 5.84. The summed E-state index contributed by atoms with van der Waals surface area (Å²) in [5.74, 6) is 0. The highest BCUT2D eigenvalue weighted by Gasteiger charge is 1.95. The monoisotopic (exact) mass is 352 g/mol. The van der Waals surface area contributed by atoms with Crippen LogP contribution in [0.2, 0.25) is 0 Å². The van der Waals surface area contributed by atoms with Gasteiger partial charge in [-0.05, 0) is 41.0 Å². The first-order valence-corrected chi connectivity index (χ1v) is 9.07. The van der Waals surface area contributed by atoms with Crippen molar-refractivity contribution in [2.75, 3.05) is 5.32 Å². The molecule has 0 unspecified atom stereocenters. The van der Waals surface area contributed by atoms with Gasteiger partial charge in [0.1, 0.15) is 0 Å². The molecule has 0 bridgehead atoms. The van der Waals surface area contributed by atoms with Crippen molar-refractivity contribution in [1.82, 2.24) is 0 Å². The van der Waals surface area contributed by atoms with Gasteiger partial charge in [0.15, 0.2) is 0 Å². The quantitative estimate of drug-likeness (QED) is 0.456. The summed E-state index contributed by atoms with van der Waals surface area (Å²) < 4.78 is 0. The molecule has 0 aliphatic carbocycles. The fourth-order valence-corrected chi connectivity index (χ4v) is 2.73. The van der Waals surface area contributed by atoms with Crippen LogP contribution in [0.25, 0.3) is 11.1 Å². The molecule has 0 fully saturated rings. The molecule has 0 atom stereocenters. The Labute approximate surface area is 161 Å². The average molecular weight is 352 g/mol. The van der Waals surface area contributed by atoms with Crippen molar-refractivity contribution in [3.8, 4) is 11.1 Å². The van der Waals surface area contributed by atoms with E-state index in [1.807, 2.05) is 60.7 Å². The van der Waals surface area contributed by atoms with E-state index in [0.29, 0.717) is 6.54 Å². The second kappa shape index (κ2) is 9.95. The SMILES string of the molecule is NCc1cccc(Nc2ccccc2)c1.c1ccc(-c2ccccc2)cc1. The molecule has 27 heavy (non-hydrogen) atoms. The number of nitrogens with one attached hydrogen (secondary N) is 1. The van der Waals surface area contributed by atoms with Crippen LogP contribution in [0.3, 0.4) is 0 Å². The minimum Gasteiger partial charge on any atom is -0.356 e. The predicted molar refractivity (Wildman–Crippen MR) is 116 cm³/mol. The average Bonchev–Trinajstić information content (AvgIpc) is 2.76. The number of hydrogen-bond acceptors (Lipinski definition) is 2. The molecule has 0 aromatic heterocycles. The lowest BCUT2D eigenvalue weighted by atomic mass is 10.1. The lowest BCUT2D eigenvalue weighted by Crippen LogP contribution is -1.97. The number of anilines is 2. The molecule has 0 saturated heterocycles. The molecule has 0 aliphatic rings. The Bertz CT molecular complexity index is 882. The maximum atomic E-state index is 5.58. The van der Waals surface area contributed by atoms with Gasteiger partial charge >= 0.3 is 0 Å². The maximum Gasteiger partial charge on any atom is 0.0387 e. The molecule has 2 nitrogen and oxygen atoms in total. The van der Waals surface area contributed by atoms with Gasteiger partial charge in [-0.3, -0.25) is 0 Å². The van der Waals surface area contributed by atoms with Crippen molar-refractivity contribution in [2.24, 2.45) is 5.73 Å². The van der Waals surface area contributed by atoms with E-state index in [2.05, 4.69) is 59.9 Å². The number of para-hydroxylation sites is 1. The molecule has 0 heterocycles. The molecule has 0 amide bonds. The van der Waals surface area contributed by atoms with Crippen LogP contribution in [0.1, 0.15) is 5.56 Å². The van der Waals surface area contributed by atoms with Gasteiger partial charge in [0.25, 0.3) is 0 Å². The van der Waals surface area contributed by atoms with Crippen LogP contribution in [0.15, 0.2) is 115 Å². The summed E-state index contributed by atoms with van der Waals surface area (Å²) in [4.78, 5) is 0. The van der Waals surface area contributed by atoms with Crippen molar-refractivity contribution in [3.63, 3.8) is 0 Å². The first-order chi connectivity index (χ1) is 13.3. The van der Waals surface area contributed by atoms with Crippen LogP contribution in [0.4, 0.5) is 11.4 Å². The summed E-state index contributed by atoms with van der Waals surface area (Å²) in [6.07, 6.45) is 0. The van der Waals surface area contributed by atoms with Crippen LogP contribution in [0.5, 0.6) is 0 Å². The van der Waals surface area contributed by atoms with E-state index in [-0.39, 0.29) is 0 Å². The van der Waals surface area contributed by atoms with E-state index in [1.54, 1.807) is 0 Å². The molecular weight excluding hydrogens is 328 g/mol. The molecule has 0 saturated carbocycles. The number of nitrogens with two attached hydrogens (primary N) is 1. The zero-order valence-corrected chi connectivity index (χ0v) is 15.3. The van der Waals surface area contributed by atoms with Gasteiger partial charge in [-0.25, -0.2) is 0 Å². The first kappa shape index (κ1) is 18.4. The summed E-state index contributed by atoms with van der Waals surface area (Å²) in [6, 6.07) is 39.0. The predicted octanol–water partition coefficient (Wildman–Crippen LogP) is 6.24. The standard InChI is InChI=1S/C13H14N2.C12H10/c14-10-11-5-4-8-13(9-11)15-12-6-2-1-3-7-12;1-3-7-11(8-4-1)12-9-5-2-6-10-12/h1-9,15H,10,14H2;1-10H. The Morgan fingerprint density at radius 1 is 0.519 bits per heavy atom. The largest absolute Gasteiger partial charge is 0.356 e. The van der Waals surface area contributed by atoms with Crippen LogP contribution in [-0.2, 0) is 6.54 Å². The zero-order chi connectivity index (χ0) is 18.7. The van der Waals surface area contributed by atoms with Gasteiger partial charge in [0.05, 0.1) is 0 Å². The number of rotatable bonds is 4. The number of hydrogen-bond donors (Lipinski definition) is 2. The van der Waals surface area contributed by atoms with E-state index >= 15 is 0 Å². The van der Waals surface area contributed by atoms with Crippen molar-refractivity contribution in [1.29, 1.82) is 0 Å². The summed E-state index contributed by atoms with van der Waals surface area (Å²) in [6.45, 7) is 0.574. The molecular formula is C25H24N2. The molecule has 2 heteroatoms. The van der Waals surface area contributed by atoms with Crippen LogP contribution in [0, 0.1) is 0 Å². The maximum absolute atomic E-state index is 5.58. The molecule has 0 aliphatic heterocycles. The van der Waals surface area contributed by atoms with Crippen LogP contribution in [-0.4, -0.2) is 0 Å². The van der Waals surface area contributed by atoms with Crippen molar-refractivity contribution in [3.05, 3.63) is 121 Å². The molecule has 0 radical (unpaired) electrons. The van der Waals surface area contributed by atoms with Crippen molar-refractivity contribution in [2.45, 2.75) is 6.54 Å². The molecule has 4 aromatic carbocycles. The van der Waals surface area contributed by atoms with Gasteiger partial charge in [0, 0.05) is 17.9 Å². The molecule has 4 aromatic rings. The Kier molecular flexibility index (Phi) is 6.79. The molecule has 4 rings (SSSR count). The molecule has 0 spiro atoms. The first-order valence-electron chi connectivity index (χ1n) is 9.07. The molecule has 134 valence electrons. The van der Waals surface area contributed by atoms with Gasteiger partial charge < -0.3 is 11.1 Å². The second-order valence-electron chi connectivity index (χ2n) is 6.13. The van der Waals surface area contributed by atoms with Crippen molar-refractivity contribution >= 4 is 11.4 Å². The van der Waals surface area contributed by atoms with Gasteiger partial charge in [-0.2, -0.15) is 0 Å². The highest BCUT2D eigenvalue weighted by Crippen LogP contribution is 2.18. The van der Waals surface area contributed by atoms with E-state index in [0.717, 1.165) is 16.9 Å². The minimum atomic E-state index is 0.574. The lowest BCUT2D eigenvalue weighted by Gasteiger charge is -2.07. The second-order valence-corrected chi connectivity index (χ2v) is 6.13. The van der Waals surface area contributed by atoms with E-state index in [9.17, 15) is 0 Å². The highest BCUT2D eigenvalue weighted by molar-refractivity contribution is 5.62. The lowest BCUT2D eigenvalue weighted by molar-refractivity contribution is 1.07. The third-order valence-electron chi connectivity index (χ3n) is 4.11. The summed E-state index contributed by atoms with van der Waals surface area (Å²) in [7, 11) is 0. The fourth-order valence-electron chi connectivity index (χ4n) is 2.73. The van der Waals surface area contributed by atoms with Gasteiger partial charge in [-0.15, -0.1) is 0 Å². The van der Waals surface area contributed by atoms with E-state index in [4.69, 9.17) is 5.73 Å². The summed E-state index contributed by atoms with van der Waals surface area (Å²) in [5.41, 5.74) is 11.4. The minimum absolute atomic E-state index is 0.574. The van der Waals surface area contributed by atoms with Crippen LogP contribution < -0.4 is 11.1 Å². The fraction of sp³-hybridized carbons (Fsp3) is 0.0400.